The van der Waals surface area contributed by atoms with Crippen LogP contribution >= 0.6 is 0 Å². The minimum atomic E-state index is -1.46. The van der Waals surface area contributed by atoms with Crippen LogP contribution in [0.15, 0.2) is 11.6 Å². The lowest BCUT2D eigenvalue weighted by Crippen LogP contribution is -2.67. The Morgan fingerprint density at radius 3 is 2.18 bits per heavy atom. The summed E-state index contributed by atoms with van der Waals surface area (Å²) in [7, 11) is 0. The fourth-order valence-electron chi connectivity index (χ4n) is 11.9. The summed E-state index contributed by atoms with van der Waals surface area (Å²) in [6.07, 6.45) is 3.15. The monoisotopic (exact) mass is 622 g/mol. The van der Waals surface area contributed by atoms with Gasteiger partial charge in [0.2, 0.25) is 0 Å². The number of fused-ring (bicyclic) bond motifs is 5. The molecule has 0 unspecified atom stereocenters. The van der Waals surface area contributed by atoms with Crippen LogP contribution in [0.5, 0.6) is 0 Å². The first-order valence-corrected chi connectivity index (χ1v) is 17.3. The van der Waals surface area contributed by atoms with Gasteiger partial charge in [0.05, 0.1) is 24.4 Å². The van der Waals surface area contributed by atoms with Crippen LogP contribution in [-0.4, -0.2) is 85.8 Å². The molecule has 8 nitrogen and oxygen atoms in total. The van der Waals surface area contributed by atoms with Gasteiger partial charge in [0.25, 0.3) is 0 Å². The molecule has 1 heterocycles. The third kappa shape index (κ3) is 5.26. The van der Waals surface area contributed by atoms with E-state index in [1.165, 1.54) is 5.57 Å². The molecule has 0 bridgehead atoms. The lowest BCUT2D eigenvalue weighted by molar-refractivity contribution is -0.332. The SMILES string of the molecule is CC(C)=CCC[C@](C)(O)[C@H]1CC[C@]2(C)[C@@H]1[C@H](O)C[C@@H]1[C@@]3(C)CC[C@H](O[C@@H]4O[C@H](CO)[C@@H](O)[C@H](O)[C@H]4O)C(C)(C)[C@@H]3CC[C@]12C. The van der Waals surface area contributed by atoms with Crippen LogP contribution in [0.3, 0.4) is 0 Å². The van der Waals surface area contributed by atoms with Gasteiger partial charge in [-0.1, -0.05) is 46.3 Å². The molecule has 254 valence electrons. The lowest BCUT2D eigenvalue weighted by Gasteiger charge is -2.70. The van der Waals surface area contributed by atoms with E-state index >= 15 is 0 Å². The molecule has 5 rings (SSSR count). The summed E-state index contributed by atoms with van der Waals surface area (Å²) < 4.78 is 12.2. The second kappa shape index (κ2) is 11.8. The zero-order valence-corrected chi connectivity index (χ0v) is 28.5. The molecule has 44 heavy (non-hydrogen) atoms. The number of allylic oxidation sites excluding steroid dienone is 2. The molecule has 15 atom stereocenters. The summed E-state index contributed by atoms with van der Waals surface area (Å²) in [5, 5.41) is 64.8. The van der Waals surface area contributed by atoms with Gasteiger partial charge in [0, 0.05) is 0 Å². The first-order chi connectivity index (χ1) is 20.3. The first kappa shape index (κ1) is 34.7. The van der Waals surface area contributed by atoms with Crippen molar-refractivity contribution in [2.45, 2.75) is 162 Å². The minimum Gasteiger partial charge on any atom is -0.394 e. The topological polar surface area (TPSA) is 140 Å². The Labute approximate surface area is 265 Å². The van der Waals surface area contributed by atoms with Crippen LogP contribution in [0.25, 0.3) is 0 Å². The normalized spacial score (nSPS) is 51.5. The maximum atomic E-state index is 12.0. The van der Waals surface area contributed by atoms with Gasteiger partial charge < -0.3 is 40.1 Å². The largest absolute Gasteiger partial charge is 0.394 e. The smallest absolute Gasteiger partial charge is 0.186 e. The molecule has 4 saturated carbocycles. The molecule has 6 N–H and O–H groups in total. The Hall–Kier alpha value is -0.580. The molecule has 4 aliphatic carbocycles. The molecule has 0 amide bonds. The van der Waals surface area contributed by atoms with Gasteiger partial charge in [-0.3, -0.25) is 0 Å². The Kier molecular flexibility index (Phi) is 9.35. The summed E-state index contributed by atoms with van der Waals surface area (Å²) in [6, 6.07) is 0. The van der Waals surface area contributed by atoms with Crippen molar-refractivity contribution in [3.05, 3.63) is 11.6 Å². The zero-order valence-electron chi connectivity index (χ0n) is 28.5. The van der Waals surface area contributed by atoms with Crippen molar-refractivity contribution in [3.8, 4) is 0 Å². The van der Waals surface area contributed by atoms with E-state index in [1.54, 1.807) is 0 Å². The summed E-state index contributed by atoms with van der Waals surface area (Å²) >= 11 is 0. The summed E-state index contributed by atoms with van der Waals surface area (Å²) in [5.41, 5.74) is 0.122. The van der Waals surface area contributed by atoms with Gasteiger partial charge in [0.15, 0.2) is 6.29 Å². The highest BCUT2D eigenvalue weighted by Gasteiger charge is 2.71. The van der Waals surface area contributed by atoms with Crippen LogP contribution in [0.4, 0.5) is 0 Å². The van der Waals surface area contributed by atoms with E-state index in [1.807, 2.05) is 6.92 Å². The van der Waals surface area contributed by atoms with Gasteiger partial charge in [-0.2, -0.15) is 0 Å². The number of ether oxygens (including phenoxy) is 2. The molecule has 1 aliphatic heterocycles. The van der Waals surface area contributed by atoms with E-state index in [4.69, 9.17) is 9.47 Å². The molecular formula is C36H62O8. The molecule has 8 heteroatoms. The molecule has 0 spiro atoms. The second-order valence-electron chi connectivity index (χ2n) is 17.3. The van der Waals surface area contributed by atoms with Crippen molar-refractivity contribution < 1.29 is 40.1 Å². The van der Waals surface area contributed by atoms with E-state index in [0.717, 1.165) is 51.4 Å². The van der Waals surface area contributed by atoms with Crippen molar-refractivity contribution >= 4 is 0 Å². The van der Waals surface area contributed by atoms with Crippen molar-refractivity contribution in [2.24, 2.45) is 45.3 Å². The average Bonchev–Trinajstić information content (AvgIpc) is 3.32. The van der Waals surface area contributed by atoms with Crippen LogP contribution in [0, 0.1) is 45.3 Å². The van der Waals surface area contributed by atoms with Crippen LogP contribution in [0.2, 0.25) is 0 Å². The van der Waals surface area contributed by atoms with Crippen molar-refractivity contribution in [3.63, 3.8) is 0 Å². The Bertz CT molecular complexity index is 1070. The Morgan fingerprint density at radius 2 is 1.55 bits per heavy atom. The predicted octanol–water partition coefficient (Wildman–Crippen LogP) is 4.32. The maximum absolute atomic E-state index is 12.0. The molecule has 0 radical (unpaired) electrons. The van der Waals surface area contributed by atoms with Gasteiger partial charge in [-0.05, 0) is 124 Å². The van der Waals surface area contributed by atoms with E-state index in [9.17, 15) is 30.6 Å². The summed E-state index contributed by atoms with van der Waals surface area (Å²) in [6.45, 7) is 17.5. The van der Waals surface area contributed by atoms with Crippen LogP contribution in [0.1, 0.15) is 113 Å². The molecule has 5 fully saturated rings. The maximum Gasteiger partial charge on any atom is 0.186 e. The number of rotatable bonds is 7. The summed E-state index contributed by atoms with van der Waals surface area (Å²) in [5.74, 6) is 0.792. The van der Waals surface area contributed by atoms with E-state index in [-0.39, 0.29) is 39.6 Å². The molecule has 0 aromatic rings. The third-order valence-electron chi connectivity index (χ3n) is 14.5. The van der Waals surface area contributed by atoms with Gasteiger partial charge in [0.1, 0.15) is 24.4 Å². The standard InChI is InChI=1S/C36H62O8/c1-20(2)10-9-14-36(8,42)21-11-16-35(7)27(21)22(38)18-25-33(5)15-13-26(32(3,4)24(33)12-17-34(25,35)6)44-31-30(41)29(40)28(39)23(19-37)43-31/h10,21-31,37-42H,9,11-19H2,1-8H3/t21-,22+,23+,24-,25+,26-,27-,28+,29-,30+,31-,33-,34+,35+,36-/m0/s1. The Balaban J connectivity index is 1.37. The summed E-state index contributed by atoms with van der Waals surface area (Å²) in [4.78, 5) is 0. The minimum absolute atomic E-state index is 0.0231. The first-order valence-electron chi connectivity index (χ1n) is 17.3. The lowest BCUT2D eigenvalue weighted by atomic mass is 9.35. The number of aliphatic hydroxyl groups is 6. The highest BCUT2D eigenvalue weighted by atomic mass is 16.7. The van der Waals surface area contributed by atoms with Crippen LogP contribution in [-0.2, 0) is 9.47 Å². The highest BCUT2D eigenvalue weighted by Crippen LogP contribution is 2.76. The molecule has 0 aromatic heterocycles. The van der Waals surface area contributed by atoms with E-state index in [0.29, 0.717) is 18.3 Å². The third-order valence-corrected chi connectivity index (χ3v) is 14.5. The number of hydrogen-bond acceptors (Lipinski definition) is 8. The van der Waals surface area contributed by atoms with E-state index in [2.05, 4.69) is 54.5 Å². The van der Waals surface area contributed by atoms with Gasteiger partial charge >= 0.3 is 0 Å². The molecular weight excluding hydrogens is 560 g/mol. The Morgan fingerprint density at radius 1 is 0.886 bits per heavy atom. The van der Waals surface area contributed by atoms with Crippen molar-refractivity contribution in [1.29, 1.82) is 0 Å². The van der Waals surface area contributed by atoms with Crippen molar-refractivity contribution in [2.75, 3.05) is 6.61 Å². The number of aliphatic hydroxyl groups excluding tert-OH is 5. The van der Waals surface area contributed by atoms with Crippen LogP contribution < -0.4 is 0 Å². The van der Waals surface area contributed by atoms with Gasteiger partial charge in [-0.15, -0.1) is 0 Å². The highest BCUT2D eigenvalue weighted by molar-refractivity contribution is 5.20. The predicted molar refractivity (Wildman–Crippen MR) is 168 cm³/mol. The van der Waals surface area contributed by atoms with E-state index < -0.39 is 49.0 Å². The number of hydrogen-bond donors (Lipinski definition) is 6. The van der Waals surface area contributed by atoms with Gasteiger partial charge in [-0.25, -0.2) is 0 Å². The fourth-order valence-corrected chi connectivity index (χ4v) is 11.9. The molecule has 1 saturated heterocycles. The average molecular weight is 623 g/mol. The van der Waals surface area contributed by atoms with Crippen molar-refractivity contribution in [1.82, 2.24) is 0 Å². The molecule has 0 aromatic carbocycles. The molecule has 5 aliphatic rings. The fraction of sp³-hybridized carbons (Fsp3) is 0.944. The quantitative estimate of drug-likeness (QED) is 0.182. The second-order valence-corrected chi connectivity index (χ2v) is 17.3. The zero-order chi connectivity index (χ0) is 32.6.